The van der Waals surface area contributed by atoms with Crippen LogP contribution in [-0.4, -0.2) is 22.7 Å². The molecule has 0 aliphatic rings. The van der Waals surface area contributed by atoms with Gasteiger partial charge in [-0.2, -0.15) is 0 Å². The van der Waals surface area contributed by atoms with Crippen LogP contribution >= 0.6 is 0 Å². The van der Waals surface area contributed by atoms with Crippen molar-refractivity contribution in [2.24, 2.45) is 0 Å². The van der Waals surface area contributed by atoms with Crippen LogP contribution < -0.4 is 4.74 Å². The molecule has 5 nitrogen and oxygen atoms in total. The van der Waals surface area contributed by atoms with E-state index in [4.69, 9.17) is 14.3 Å². The van der Waals surface area contributed by atoms with Gasteiger partial charge in [-0.1, -0.05) is 36.4 Å². The van der Waals surface area contributed by atoms with Crippen LogP contribution in [0.1, 0.15) is 0 Å². The summed E-state index contributed by atoms with van der Waals surface area (Å²) in [7, 11) is 0. The molecular formula is C21H15NO4. The SMILES string of the molecule is O=C(O)COc1ccc(-c2nc3cc(-c4ccccc4)ccc3o2)cc1. The summed E-state index contributed by atoms with van der Waals surface area (Å²) in [6.07, 6.45) is 0. The molecular weight excluding hydrogens is 330 g/mol. The average Bonchev–Trinajstić information content (AvgIpc) is 3.11. The zero-order valence-electron chi connectivity index (χ0n) is 13.8. The highest BCUT2D eigenvalue weighted by molar-refractivity contribution is 5.82. The van der Waals surface area contributed by atoms with Crippen molar-refractivity contribution in [1.29, 1.82) is 0 Å². The Hall–Kier alpha value is -3.60. The summed E-state index contributed by atoms with van der Waals surface area (Å²) in [5.41, 5.74) is 4.50. The normalized spacial score (nSPS) is 10.8. The fourth-order valence-electron chi connectivity index (χ4n) is 2.70. The minimum atomic E-state index is -1.01. The third-order valence-corrected chi connectivity index (χ3v) is 3.96. The molecule has 0 radical (unpaired) electrons. The second kappa shape index (κ2) is 6.72. The van der Waals surface area contributed by atoms with E-state index in [0.717, 1.165) is 22.2 Å². The molecule has 0 aliphatic carbocycles. The summed E-state index contributed by atoms with van der Waals surface area (Å²) >= 11 is 0. The van der Waals surface area contributed by atoms with Gasteiger partial charge in [-0.05, 0) is 47.5 Å². The number of carboxylic acid groups (broad SMARTS) is 1. The number of aromatic nitrogens is 1. The van der Waals surface area contributed by atoms with E-state index in [2.05, 4.69) is 17.1 Å². The van der Waals surface area contributed by atoms with Crippen molar-refractivity contribution in [3.05, 3.63) is 72.8 Å². The van der Waals surface area contributed by atoms with E-state index >= 15 is 0 Å². The summed E-state index contributed by atoms with van der Waals surface area (Å²) in [6.45, 7) is -0.371. The molecule has 0 bridgehead atoms. The van der Waals surface area contributed by atoms with Crippen molar-refractivity contribution in [3.63, 3.8) is 0 Å². The second-order valence-electron chi connectivity index (χ2n) is 5.77. The number of carboxylic acids is 1. The number of oxazole rings is 1. The van der Waals surface area contributed by atoms with Gasteiger partial charge in [-0.25, -0.2) is 9.78 Å². The predicted octanol–water partition coefficient (Wildman–Crippen LogP) is 4.63. The largest absolute Gasteiger partial charge is 0.482 e. The number of benzene rings is 3. The molecule has 3 aromatic carbocycles. The first-order valence-corrected chi connectivity index (χ1v) is 8.10. The fourth-order valence-corrected chi connectivity index (χ4v) is 2.70. The smallest absolute Gasteiger partial charge is 0.341 e. The molecule has 128 valence electrons. The van der Waals surface area contributed by atoms with E-state index in [1.54, 1.807) is 24.3 Å². The van der Waals surface area contributed by atoms with Crippen molar-refractivity contribution in [3.8, 4) is 28.3 Å². The zero-order chi connectivity index (χ0) is 17.9. The maximum absolute atomic E-state index is 10.5. The van der Waals surface area contributed by atoms with Gasteiger partial charge in [-0.15, -0.1) is 0 Å². The van der Waals surface area contributed by atoms with Gasteiger partial charge in [0.25, 0.3) is 0 Å². The Balaban J connectivity index is 1.62. The molecule has 0 saturated carbocycles. The summed E-state index contributed by atoms with van der Waals surface area (Å²) in [6, 6.07) is 23.0. The van der Waals surface area contributed by atoms with Crippen molar-refractivity contribution in [1.82, 2.24) is 4.98 Å². The van der Waals surface area contributed by atoms with Gasteiger partial charge in [0.1, 0.15) is 11.3 Å². The Morgan fingerprint density at radius 1 is 0.923 bits per heavy atom. The van der Waals surface area contributed by atoms with Gasteiger partial charge in [-0.3, -0.25) is 0 Å². The Morgan fingerprint density at radius 3 is 2.38 bits per heavy atom. The van der Waals surface area contributed by atoms with Crippen molar-refractivity contribution < 1.29 is 19.1 Å². The van der Waals surface area contributed by atoms with Crippen molar-refractivity contribution in [2.45, 2.75) is 0 Å². The molecule has 4 rings (SSSR count). The minimum absolute atomic E-state index is 0.371. The van der Waals surface area contributed by atoms with Crippen LogP contribution in [0.15, 0.2) is 77.2 Å². The molecule has 1 N–H and O–H groups in total. The average molecular weight is 345 g/mol. The predicted molar refractivity (Wildman–Crippen MR) is 98.0 cm³/mol. The highest BCUT2D eigenvalue weighted by atomic mass is 16.5. The topological polar surface area (TPSA) is 72.6 Å². The van der Waals surface area contributed by atoms with Gasteiger partial charge in [0, 0.05) is 5.56 Å². The molecule has 1 heterocycles. The van der Waals surface area contributed by atoms with Crippen LogP contribution in [0.4, 0.5) is 0 Å². The lowest BCUT2D eigenvalue weighted by Crippen LogP contribution is -2.09. The number of ether oxygens (including phenoxy) is 1. The molecule has 5 heteroatoms. The van der Waals surface area contributed by atoms with E-state index in [9.17, 15) is 4.79 Å². The first-order valence-electron chi connectivity index (χ1n) is 8.10. The van der Waals surface area contributed by atoms with Crippen LogP contribution in [0.5, 0.6) is 5.75 Å². The molecule has 0 amide bonds. The van der Waals surface area contributed by atoms with Crippen molar-refractivity contribution >= 4 is 17.1 Å². The van der Waals surface area contributed by atoms with Crippen LogP contribution in [-0.2, 0) is 4.79 Å². The fraction of sp³-hybridized carbons (Fsp3) is 0.0476. The van der Waals surface area contributed by atoms with E-state index < -0.39 is 5.97 Å². The van der Waals surface area contributed by atoms with Gasteiger partial charge in [0.2, 0.25) is 5.89 Å². The van der Waals surface area contributed by atoms with E-state index in [1.165, 1.54) is 0 Å². The summed E-state index contributed by atoms with van der Waals surface area (Å²) < 4.78 is 11.0. The van der Waals surface area contributed by atoms with Gasteiger partial charge < -0.3 is 14.3 Å². The molecule has 0 atom stereocenters. The lowest BCUT2D eigenvalue weighted by molar-refractivity contribution is -0.139. The van der Waals surface area contributed by atoms with Gasteiger partial charge >= 0.3 is 5.97 Å². The number of aliphatic carboxylic acids is 1. The Labute approximate surface area is 149 Å². The van der Waals surface area contributed by atoms with Crippen LogP contribution in [0.25, 0.3) is 33.7 Å². The Bertz CT molecular complexity index is 1050. The lowest BCUT2D eigenvalue weighted by Gasteiger charge is -2.02. The van der Waals surface area contributed by atoms with E-state index in [0.29, 0.717) is 17.2 Å². The molecule has 1 aromatic heterocycles. The first-order chi connectivity index (χ1) is 12.7. The molecule has 0 unspecified atom stereocenters. The Morgan fingerprint density at radius 2 is 1.65 bits per heavy atom. The van der Waals surface area contributed by atoms with Crippen LogP contribution in [0.2, 0.25) is 0 Å². The highest BCUT2D eigenvalue weighted by Crippen LogP contribution is 2.29. The number of rotatable bonds is 5. The second-order valence-corrected chi connectivity index (χ2v) is 5.77. The highest BCUT2D eigenvalue weighted by Gasteiger charge is 2.10. The summed E-state index contributed by atoms with van der Waals surface area (Å²) in [4.78, 5) is 15.1. The van der Waals surface area contributed by atoms with E-state index in [-0.39, 0.29) is 6.61 Å². The maximum atomic E-state index is 10.5. The molecule has 4 aromatic rings. The number of hydrogen-bond acceptors (Lipinski definition) is 4. The standard InChI is InChI=1S/C21H15NO4/c23-20(24)13-25-17-9-6-15(7-10-17)21-22-18-12-16(8-11-19(18)26-21)14-4-2-1-3-5-14/h1-12H,13H2,(H,23,24). The van der Waals surface area contributed by atoms with Crippen LogP contribution in [0, 0.1) is 0 Å². The molecule has 0 fully saturated rings. The number of fused-ring (bicyclic) bond motifs is 1. The third kappa shape index (κ3) is 3.28. The lowest BCUT2D eigenvalue weighted by atomic mass is 10.1. The number of nitrogens with zero attached hydrogens (tertiary/aromatic N) is 1. The van der Waals surface area contributed by atoms with E-state index in [1.807, 2.05) is 36.4 Å². The van der Waals surface area contributed by atoms with Gasteiger partial charge in [0.15, 0.2) is 12.2 Å². The number of carbonyl (C=O) groups is 1. The summed E-state index contributed by atoms with van der Waals surface area (Å²) in [5.74, 6) is -0.0177. The Kier molecular flexibility index (Phi) is 4.11. The van der Waals surface area contributed by atoms with Gasteiger partial charge in [0.05, 0.1) is 0 Å². The third-order valence-electron chi connectivity index (χ3n) is 3.96. The van der Waals surface area contributed by atoms with Crippen LogP contribution in [0.3, 0.4) is 0 Å². The minimum Gasteiger partial charge on any atom is -0.482 e. The zero-order valence-corrected chi connectivity index (χ0v) is 13.8. The summed E-state index contributed by atoms with van der Waals surface area (Å²) in [5, 5.41) is 8.64. The molecule has 26 heavy (non-hydrogen) atoms. The molecule has 0 aliphatic heterocycles. The van der Waals surface area contributed by atoms with Crippen molar-refractivity contribution in [2.75, 3.05) is 6.61 Å². The number of hydrogen-bond donors (Lipinski definition) is 1. The molecule has 0 saturated heterocycles. The first kappa shape index (κ1) is 15.9. The maximum Gasteiger partial charge on any atom is 0.341 e. The monoisotopic (exact) mass is 345 g/mol. The molecule has 0 spiro atoms. The quantitative estimate of drug-likeness (QED) is 0.571.